The van der Waals surface area contributed by atoms with Crippen molar-refractivity contribution in [3.8, 4) is 5.75 Å². The molecular weight excluding hydrogens is 330 g/mol. The van der Waals surface area contributed by atoms with Crippen molar-refractivity contribution in [1.82, 2.24) is 5.32 Å². The predicted octanol–water partition coefficient (Wildman–Crippen LogP) is 2.37. The average Bonchev–Trinajstić information content (AvgIpc) is 2.37. The molecule has 0 aliphatic heterocycles. The number of hydrogen-bond acceptors (Lipinski definition) is 4. The van der Waals surface area contributed by atoms with Gasteiger partial charge in [0, 0.05) is 17.9 Å². The number of para-hydroxylation sites is 1. The van der Waals surface area contributed by atoms with Crippen LogP contribution in [0.2, 0.25) is 0 Å². The highest BCUT2D eigenvalue weighted by Gasteiger charge is 2.10. The van der Waals surface area contributed by atoms with Gasteiger partial charge in [0.05, 0.1) is 16.8 Å². The van der Waals surface area contributed by atoms with Gasteiger partial charge in [-0.2, -0.15) is 0 Å². The molecule has 0 amide bonds. The number of benzene rings is 1. The Hall–Kier alpha value is -0.590. The van der Waals surface area contributed by atoms with E-state index >= 15 is 0 Å². The lowest BCUT2D eigenvalue weighted by Gasteiger charge is -2.13. The molecule has 0 saturated heterocycles. The smallest absolute Gasteiger partial charge is 0.150 e. The molecule has 0 aliphatic carbocycles. The third-order valence-corrected chi connectivity index (χ3v) is 5.12. The first-order valence-corrected chi connectivity index (χ1v) is 8.87. The minimum Gasteiger partial charge on any atom is -0.492 e. The third-order valence-electron chi connectivity index (χ3n) is 2.70. The van der Waals surface area contributed by atoms with Crippen LogP contribution in [-0.4, -0.2) is 33.6 Å². The Balaban J connectivity index is 2.58. The number of nitrogens with one attached hydrogen (secondary N) is 1. The summed E-state index contributed by atoms with van der Waals surface area (Å²) in [6, 6.07) is 5.85. The molecule has 0 radical (unpaired) electrons. The standard InChI is InChI=1S/C13H20BrNO3S/c1-3-19(16,17)9-5-8-18-13-11(10-15-2)6-4-7-12(13)14/h4,6-7,15H,3,5,8-10H2,1-2H3. The van der Waals surface area contributed by atoms with Crippen LogP contribution in [0.1, 0.15) is 18.9 Å². The summed E-state index contributed by atoms with van der Waals surface area (Å²) < 4.78 is 29.3. The van der Waals surface area contributed by atoms with Crippen molar-refractivity contribution in [2.75, 3.05) is 25.2 Å². The first-order valence-electron chi connectivity index (χ1n) is 6.25. The second kappa shape index (κ2) is 7.87. The second-order valence-corrected chi connectivity index (χ2v) is 7.52. The van der Waals surface area contributed by atoms with Gasteiger partial charge in [-0.25, -0.2) is 8.42 Å². The second-order valence-electron chi connectivity index (χ2n) is 4.20. The van der Waals surface area contributed by atoms with Gasteiger partial charge in [-0.3, -0.25) is 0 Å². The van der Waals surface area contributed by atoms with Crippen molar-refractivity contribution >= 4 is 25.8 Å². The third kappa shape index (κ3) is 5.50. The van der Waals surface area contributed by atoms with Gasteiger partial charge in [-0.05, 0) is 35.5 Å². The van der Waals surface area contributed by atoms with Crippen LogP contribution in [0.5, 0.6) is 5.75 Å². The molecule has 0 aromatic heterocycles. The fraction of sp³-hybridized carbons (Fsp3) is 0.538. The SMILES string of the molecule is CCS(=O)(=O)CCCOc1c(Br)cccc1CNC. The zero-order chi connectivity index (χ0) is 14.3. The van der Waals surface area contributed by atoms with Gasteiger partial charge < -0.3 is 10.1 Å². The highest BCUT2D eigenvalue weighted by atomic mass is 79.9. The summed E-state index contributed by atoms with van der Waals surface area (Å²) in [6.45, 7) is 2.77. The first-order chi connectivity index (χ1) is 9.00. The van der Waals surface area contributed by atoms with Crippen molar-refractivity contribution < 1.29 is 13.2 Å². The molecular formula is C13H20BrNO3S. The minimum absolute atomic E-state index is 0.176. The van der Waals surface area contributed by atoms with E-state index in [1.807, 2.05) is 25.2 Å². The normalized spacial score (nSPS) is 11.5. The first kappa shape index (κ1) is 16.5. The van der Waals surface area contributed by atoms with Crippen molar-refractivity contribution in [3.63, 3.8) is 0 Å². The number of halogens is 1. The summed E-state index contributed by atoms with van der Waals surface area (Å²) in [5, 5.41) is 3.08. The number of hydrogen-bond donors (Lipinski definition) is 1. The van der Waals surface area contributed by atoms with Crippen molar-refractivity contribution in [2.24, 2.45) is 0 Å². The summed E-state index contributed by atoms with van der Waals surface area (Å²) in [5.74, 6) is 1.15. The monoisotopic (exact) mass is 349 g/mol. The fourth-order valence-corrected chi connectivity index (χ4v) is 3.01. The van der Waals surface area contributed by atoms with Crippen LogP contribution in [0, 0.1) is 0 Å². The topological polar surface area (TPSA) is 55.4 Å². The highest BCUT2D eigenvalue weighted by molar-refractivity contribution is 9.10. The van der Waals surface area contributed by atoms with E-state index in [4.69, 9.17) is 4.74 Å². The number of rotatable bonds is 8. The molecule has 0 bridgehead atoms. The zero-order valence-corrected chi connectivity index (χ0v) is 13.7. The van der Waals surface area contributed by atoms with E-state index < -0.39 is 9.84 Å². The summed E-state index contributed by atoms with van der Waals surface area (Å²) >= 11 is 3.45. The van der Waals surface area contributed by atoms with Crippen molar-refractivity contribution in [2.45, 2.75) is 19.9 Å². The maximum Gasteiger partial charge on any atom is 0.150 e. The Morgan fingerprint density at radius 1 is 1.37 bits per heavy atom. The Morgan fingerprint density at radius 3 is 2.74 bits per heavy atom. The van der Waals surface area contributed by atoms with Crippen molar-refractivity contribution in [3.05, 3.63) is 28.2 Å². The molecule has 1 aromatic carbocycles. The molecule has 0 unspecified atom stereocenters. The van der Waals surface area contributed by atoms with E-state index in [2.05, 4.69) is 21.2 Å². The van der Waals surface area contributed by atoms with Gasteiger partial charge in [0.25, 0.3) is 0 Å². The molecule has 1 aromatic rings. The van der Waals surface area contributed by atoms with Gasteiger partial charge in [-0.15, -0.1) is 0 Å². The van der Waals surface area contributed by atoms with Crippen LogP contribution in [0.15, 0.2) is 22.7 Å². The molecule has 0 saturated carbocycles. The molecule has 0 aliphatic rings. The average molecular weight is 350 g/mol. The Labute approximate surface area is 123 Å². The van der Waals surface area contributed by atoms with E-state index in [0.717, 1.165) is 15.8 Å². The summed E-state index contributed by atoms with van der Waals surface area (Å²) in [5.41, 5.74) is 1.05. The lowest BCUT2D eigenvalue weighted by atomic mass is 10.2. The van der Waals surface area contributed by atoms with Gasteiger partial charge in [0.2, 0.25) is 0 Å². The van der Waals surface area contributed by atoms with Gasteiger partial charge in [0.15, 0.2) is 0 Å². The van der Waals surface area contributed by atoms with Gasteiger partial charge in [-0.1, -0.05) is 19.1 Å². The summed E-state index contributed by atoms with van der Waals surface area (Å²) in [6.07, 6.45) is 0.510. The Bertz CT molecular complexity index is 503. The van der Waals surface area contributed by atoms with Gasteiger partial charge in [0.1, 0.15) is 15.6 Å². The summed E-state index contributed by atoms with van der Waals surface area (Å²) in [7, 11) is -1.03. The van der Waals surface area contributed by atoms with E-state index in [9.17, 15) is 8.42 Å². The van der Waals surface area contributed by atoms with E-state index in [1.54, 1.807) is 6.92 Å². The van der Waals surface area contributed by atoms with Crippen LogP contribution in [0.3, 0.4) is 0 Å². The van der Waals surface area contributed by atoms with E-state index in [1.165, 1.54) is 0 Å². The maximum atomic E-state index is 11.4. The van der Waals surface area contributed by atoms with Crippen LogP contribution in [-0.2, 0) is 16.4 Å². The van der Waals surface area contributed by atoms with E-state index in [0.29, 0.717) is 19.6 Å². The molecule has 0 heterocycles. The zero-order valence-electron chi connectivity index (χ0n) is 11.3. The fourth-order valence-electron chi connectivity index (χ4n) is 1.64. The molecule has 0 spiro atoms. The van der Waals surface area contributed by atoms with Crippen LogP contribution >= 0.6 is 15.9 Å². The predicted molar refractivity (Wildman–Crippen MR) is 81.3 cm³/mol. The molecule has 0 atom stereocenters. The number of ether oxygens (including phenoxy) is 1. The quantitative estimate of drug-likeness (QED) is 0.732. The lowest BCUT2D eigenvalue weighted by Crippen LogP contribution is -2.13. The maximum absolute atomic E-state index is 11.4. The molecule has 0 fully saturated rings. The largest absolute Gasteiger partial charge is 0.492 e. The molecule has 19 heavy (non-hydrogen) atoms. The summed E-state index contributed by atoms with van der Waals surface area (Å²) in [4.78, 5) is 0. The molecule has 1 N–H and O–H groups in total. The minimum atomic E-state index is -2.91. The van der Waals surface area contributed by atoms with Crippen LogP contribution in [0.4, 0.5) is 0 Å². The Morgan fingerprint density at radius 2 is 2.11 bits per heavy atom. The van der Waals surface area contributed by atoms with Crippen molar-refractivity contribution in [1.29, 1.82) is 0 Å². The molecule has 4 nitrogen and oxygen atoms in total. The highest BCUT2D eigenvalue weighted by Crippen LogP contribution is 2.29. The lowest BCUT2D eigenvalue weighted by molar-refractivity contribution is 0.312. The Kier molecular flexibility index (Phi) is 6.82. The number of sulfone groups is 1. The van der Waals surface area contributed by atoms with E-state index in [-0.39, 0.29) is 11.5 Å². The van der Waals surface area contributed by atoms with Crippen LogP contribution < -0.4 is 10.1 Å². The molecule has 1 rings (SSSR count). The van der Waals surface area contributed by atoms with Gasteiger partial charge >= 0.3 is 0 Å². The molecule has 6 heteroatoms. The molecule has 108 valence electrons. The van der Waals surface area contributed by atoms with Crippen LogP contribution in [0.25, 0.3) is 0 Å².